The molecule has 21 heavy (non-hydrogen) atoms. The highest BCUT2D eigenvalue weighted by molar-refractivity contribution is 5.86. The summed E-state index contributed by atoms with van der Waals surface area (Å²) < 4.78 is 0. The van der Waals surface area contributed by atoms with Gasteiger partial charge in [-0.25, -0.2) is 0 Å². The minimum atomic E-state index is -0.192. The van der Waals surface area contributed by atoms with Gasteiger partial charge in [-0.1, -0.05) is 11.6 Å². The molecule has 3 rings (SSSR count). The molecule has 1 aromatic carbocycles. The molecule has 5 nitrogen and oxygen atoms in total. The van der Waals surface area contributed by atoms with Gasteiger partial charge >= 0.3 is 0 Å². The van der Waals surface area contributed by atoms with Crippen molar-refractivity contribution in [2.45, 2.75) is 13.5 Å². The number of benzene rings is 1. The summed E-state index contributed by atoms with van der Waals surface area (Å²) in [5.41, 5.74) is 2.03. The van der Waals surface area contributed by atoms with Crippen LogP contribution in [-0.4, -0.2) is 53.1 Å². The van der Waals surface area contributed by atoms with Crippen LogP contribution >= 0.6 is 0 Å². The molecule has 1 aliphatic rings. The smallest absolute Gasteiger partial charge is 0.256 e. The Morgan fingerprint density at radius 3 is 2.67 bits per heavy atom. The standard InChI is InChI=1S/C16H21N3O2/c1-11-3-4-14-12(9-11)15(20)13(16(21)17-14)10-19-7-5-18(2)6-8-19/h3-4,9H,5-8,10H2,1-2H3,(H2,17,20,21). The van der Waals surface area contributed by atoms with Crippen molar-refractivity contribution in [1.82, 2.24) is 14.8 Å². The number of aromatic hydroxyl groups is 1. The molecular weight excluding hydrogens is 266 g/mol. The number of pyridine rings is 1. The van der Waals surface area contributed by atoms with Crippen LogP contribution in [0.2, 0.25) is 0 Å². The van der Waals surface area contributed by atoms with Gasteiger partial charge in [-0.05, 0) is 26.1 Å². The minimum absolute atomic E-state index is 0.122. The van der Waals surface area contributed by atoms with Crippen LogP contribution < -0.4 is 5.56 Å². The number of piperazine rings is 1. The summed E-state index contributed by atoms with van der Waals surface area (Å²) in [6.07, 6.45) is 0. The first-order valence-electron chi connectivity index (χ1n) is 7.30. The summed E-state index contributed by atoms with van der Waals surface area (Å²) in [6.45, 7) is 6.29. The third kappa shape index (κ3) is 2.80. The second-order valence-corrected chi connectivity index (χ2v) is 5.91. The Labute approximate surface area is 123 Å². The maximum atomic E-state index is 12.2. The fourth-order valence-corrected chi connectivity index (χ4v) is 2.81. The van der Waals surface area contributed by atoms with Crippen LogP contribution in [0.25, 0.3) is 10.9 Å². The van der Waals surface area contributed by atoms with E-state index >= 15 is 0 Å². The number of hydrogen-bond donors (Lipinski definition) is 2. The van der Waals surface area contributed by atoms with E-state index in [0.29, 0.717) is 17.6 Å². The van der Waals surface area contributed by atoms with Gasteiger partial charge in [-0.2, -0.15) is 0 Å². The number of H-pyrrole nitrogens is 1. The maximum Gasteiger partial charge on any atom is 0.256 e. The van der Waals surface area contributed by atoms with Gasteiger partial charge in [0.25, 0.3) is 5.56 Å². The van der Waals surface area contributed by atoms with Crippen molar-refractivity contribution in [3.05, 3.63) is 39.7 Å². The Kier molecular flexibility index (Phi) is 3.69. The predicted octanol–water partition coefficient (Wildman–Crippen LogP) is 1.29. The predicted molar refractivity (Wildman–Crippen MR) is 83.7 cm³/mol. The maximum absolute atomic E-state index is 12.2. The van der Waals surface area contributed by atoms with Crippen LogP contribution in [0.1, 0.15) is 11.1 Å². The zero-order chi connectivity index (χ0) is 15.0. The van der Waals surface area contributed by atoms with Gasteiger partial charge in [-0.15, -0.1) is 0 Å². The van der Waals surface area contributed by atoms with Crippen molar-refractivity contribution >= 4 is 10.9 Å². The third-order valence-electron chi connectivity index (χ3n) is 4.22. The quantitative estimate of drug-likeness (QED) is 0.874. The lowest BCUT2D eigenvalue weighted by Gasteiger charge is -2.32. The number of nitrogens with one attached hydrogen (secondary N) is 1. The van der Waals surface area contributed by atoms with E-state index in [0.717, 1.165) is 37.1 Å². The molecule has 1 aromatic heterocycles. The van der Waals surface area contributed by atoms with Crippen LogP contribution in [0, 0.1) is 6.92 Å². The number of hydrogen-bond acceptors (Lipinski definition) is 4. The average Bonchev–Trinajstić information content (AvgIpc) is 2.46. The summed E-state index contributed by atoms with van der Waals surface area (Å²) in [7, 11) is 2.10. The number of nitrogens with zero attached hydrogens (tertiary/aromatic N) is 2. The molecule has 0 amide bonds. The first-order valence-corrected chi connectivity index (χ1v) is 7.30. The van der Waals surface area contributed by atoms with Crippen molar-refractivity contribution in [1.29, 1.82) is 0 Å². The first kappa shape index (κ1) is 14.1. The van der Waals surface area contributed by atoms with E-state index in [9.17, 15) is 9.90 Å². The Morgan fingerprint density at radius 1 is 1.24 bits per heavy atom. The van der Waals surface area contributed by atoms with Gasteiger partial charge in [0.1, 0.15) is 5.75 Å². The molecular formula is C16H21N3O2. The monoisotopic (exact) mass is 287 g/mol. The molecule has 0 aliphatic carbocycles. The van der Waals surface area contributed by atoms with E-state index in [2.05, 4.69) is 21.8 Å². The van der Waals surface area contributed by atoms with Crippen LogP contribution in [0.5, 0.6) is 5.75 Å². The zero-order valence-corrected chi connectivity index (χ0v) is 12.5. The zero-order valence-electron chi connectivity index (χ0n) is 12.5. The summed E-state index contributed by atoms with van der Waals surface area (Å²) in [5.74, 6) is 0.122. The Morgan fingerprint density at radius 2 is 1.95 bits per heavy atom. The van der Waals surface area contributed by atoms with Crippen LogP contribution in [0.3, 0.4) is 0 Å². The highest BCUT2D eigenvalue weighted by atomic mass is 16.3. The van der Waals surface area contributed by atoms with Crippen LogP contribution in [0.4, 0.5) is 0 Å². The lowest BCUT2D eigenvalue weighted by molar-refractivity contribution is 0.147. The largest absolute Gasteiger partial charge is 0.507 e. The summed E-state index contributed by atoms with van der Waals surface area (Å²) in [6, 6.07) is 5.68. The number of likely N-dealkylation sites (N-methyl/N-ethyl adjacent to an activating group) is 1. The fourth-order valence-electron chi connectivity index (χ4n) is 2.81. The number of rotatable bonds is 2. The summed E-state index contributed by atoms with van der Waals surface area (Å²) in [5, 5.41) is 11.2. The van der Waals surface area contributed by atoms with Crippen molar-refractivity contribution in [3.63, 3.8) is 0 Å². The summed E-state index contributed by atoms with van der Waals surface area (Å²) in [4.78, 5) is 19.6. The van der Waals surface area contributed by atoms with Gasteiger partial charge in [0.2, 0.25) is 0 Å². The Bertz CT molecular complexity index is 715. The SMILES string of the molecule is Cc1ccc2[nH]c(=O)c(CN3CCN(C)CC3)c(O)c2c1. The fraction of sp³-hybridized carbons (Fsp3) is 0.438. The Hall–Kier alpha value is -1.85. The molecule has 0 unspecified atom stereocenters. The normalized spacial score (nSPS) is 17.4. The van der Waals surface area contributed by atoms with E-state index in [1.165, 1.54) is 0 Å². The molecule has 0 bridgehead atoms. The van der Waals surface area contributed by atoms with Gasteiger partial charge < -0.3 is 15.0 Å². The van der Waals surface area contributed by atoms with Crippen molar-refractivity contribution in [3.8, 4) is 5.75 Å². The van der Waals surface area contributed by atoms with Gasteiger partial charge in [0, 0.05) is 38.1 Å². The average molecular weight is 287 g/mol. The van der Waals surface area contributed by atoms with E-state index in [-0.39, 0.29) is 11.3 Å². The number of aromatic amines is 1. The van der Waals surface area contributed by atoms with Crippen molar-refractivity contribution < 1.29 is 5.11 Å². The van der Waals surface area contributed by atoms with Gasteiger partial charge in [-0.3, -0.25) is 9.69 Å². The van der Waals surface area contributed by atoms with Gasteiger partial charge in [0.05, 0.1) is 11.1 Å². The lowest BCUT2D eigenvalue weighted by Crippen LogP contribution is -2.44. The van der Waals surface area contributed by atoms with Crippen molar-refractivity contribution in [2.24, 2.45) is 0 Å². The Balaban J connectivity index is 1.96. The molecule has 0 saturated carbocycles. The molecule has 1 saturated heterocycles. The minimum Gasteiger partial charge on any atom is -0.507 e. The van der Waals surface area contributed by atoms with Crippen LogP contribution in [-0.2, 0) is 6.54 Å². The second-order valence-electron chi connectivity index (χ2n) is 5.91. The molecule has 0 spiro atoms. The second kappa shape index (κ2) is 5.50. The highest BCUT2D eigenvalue weighted by Crippen LogP contribution is 2.26. The number of aryl methyl sites for hydroxylation is 1. The molecule has 1 fully saturated rings. The van der Waals surface area contributed by atoms with Gasteiger partial charge in [0.15, 0.2) is 0 Å². The van der Waals surface area contributed by atoms with E-state index in [1.807, 2.05) is 25.1 Å². The van der Waals surface area contributed by atoms with Crippen molar-refractivity contribution in [2.75, 3.05) is 33.2 Å². The molecule has 2 heterocycles. The number of aromatic nitrogens is 1. The lowest BCUT2D eigenvalue weighted by atomic mass is 10.1. The summed E-state index contributed by atoms with van der Waals surface area (Å²) >= 11 is 0. The van der Waals surface area contributed by atoms with E-state index < -0.39 is 0 Å². The van der Waals surface area contributed by atoms with E-state index in [4.69, 9.17) is 0 Å². The number of fused-ring (bicyclic) bond motifs is 1. The molecule has 1 aliphatic heterocycles. The van der Waals surface area contributed by atoms with E-state index in [1.54, 1.807) is 0 Å². The molecule has 112 valence electrons. The first-order chi connectivity index (χ1) is 10.0. The third-order valence-corrected chi connectivity index (χ3v) is 4.22. The molecule has 0 atom stereocenters. The van der Waals surface area contributed by atoms with Crippen LogP contribution in [0.15, 0.2) is 23.0 Å². The molecule has 0 radical (unpaired) electrons. The topological polar surface area (TPSA) is 59.6 Å². The molecule has 2 aromatic rings. The highest BCUT2D eigenvalue weighted by Gasteiger charge is 2.18. The molecule has 5 heteroatoms. The molecule has 2 N–H and O–H groups in total.